The maximum absolute atomic E-state index is 4.73. The van der Waals surface area contributed by atoms with Gasteiger partial charge in [-0.1, -0.05) is 37.6 Å². The highest BCUT2D eigenvalue weighted by atomic mass is 15.0. The molecule has 0 aliphatic heterocycles. The van der Waals surface area contributed by atoms with Gasteiger partial charge in [-0.05, 0) is 32.8 Å². The molecule has 0 atom stereocenters. The molecule has 0 amide bonds. The minimum atomic E-state index is 0.807. The normalized spacial score (nSPS) is 10.6. The summed E-state index contributed by atoms with van der Waals surface area (Å²) in [6.07, 6.45) is 2.04. The van der Waals surface area contributed by atoms with E-state index in [0.717, 1.165) is 42.3 Å². The van der Waals surface area contributed by atoms with E-state index >= 15 is 0 Å². The molecular weight excluding hydrogens is 246 g/mol. The molecule has 0 fully saturated rings. The van der Waals surface area contributed by atoms with Gasteiger partial charge in [-0.25, -0.2) is 9.97 Å². The van der Waals surface area contributed by atoms with Crippen LogP contribution in [-0.4, -0.2) is 16.5 Å². The molecule has 0 saturated carbocycles. The van der Waals surface area contributed by atoms with E-state index in [1.807, 2.05) is 0 Å². The van der Waals surface area contributed by atoms with Crippen molar-refractivity contribution in [3.63, 3.8) is 0 Å². The van der Waals surface area contributed by atoms with Crippen molar-refractivity contribution in [2.45, 2.75) is 40.5 Å². The molecule has 2 rings (SSSR count). The smallest absolute Gasteiger partial charge is 0.161 e. The fourth-order valence-corrected chi connectivity index (χ4v) is 2.32. The molecule has 1 aromatic carbocycles. The van der Waals surface area contributed by atoms with Crippen LogP contribution in [0, 0.1) is 13.8 Å². The summed E-state index contributed by atoms with van der Waals surface area (Å²) in [5, 5.41) is 3.43. The van der Waals surface area contributed by atoms with Gasteiger partial charge in [0.25, 0.3) is 0 Å². The lowest BCUT2D eigenvalue weighted by Crippen LogP contribution is -2.09. The van der Waals surface area contributed by atoms with Crippen LogP contribution in [0.1, 0.15) is 37.1 Å². The second kappa shape index (κ2) is 6.51. The van der Waals surface area contributed by atoms with Gasteiger partial charge in [-0.15, -0.1) is 0 Å². The summed E-state index contributed by atoms with van der Waals surface area (Å²) in [7, 11) is 0. The molecule has 0 aliphatic rings. The van der Waals surface area contributed by atoms with Gasteiger partial charge in [0.05, 0.1) is 0 Å². The van der Waals surface area contributed by atoms with Crippen molar-refractivity contribution in [1.29, 1.82) is 0 Å². The molecule has 2 aromatic rings. The van der Waals surface area contributed by atoms with Crippen LogP contribution in [-0.2, 0) is 6.42 Å². The van der Waals surface area contributed by atoms with Crippen molar-refractivity contribution in [2.75, 3.05) is 11.9 Å². The molecule has 1 heterocycles. The van der Waals surface area contributed by atoms with E-state index < -0.39 is 0 Å². The summed E-state index contributed by atoms with van der Waals surface area (Å²) >= 11 is 0. The molecule has 3 nitrogen and oxygen atoms in total. The zero-order chi connectivity index (χ0) is 14.5. The quantitative estimate of drug-likeness (QED) is 0.886. The lowest BCUT2D eigenvalue weighted by atomic mass is 10.1. The first-order valence-corrected chi connectivity index (χ1v) is 7.34. The number of nitrogens with zero attached hydrogens (tertiary/aromatic N) is 2. The molecule has 0 saturated heterocycles. The molecule has 1 aromatic heterocycles. The van der Waals surface area contributed by atoms with Crippen LogP contribution in [0.2, 0.25) is 0 Å². The van der Waals surface area contributed by atoms with Gasteiger partial charge >= 0.3 is 0 Å². The first kappa shape index (κ1) is 14.5. The first-order chi connectivity index (χ1) is 9.65. The molecule has 1 N–H and O–H groups in total. The minimum Gasteiger partial charge on any atom is -0.370 e. The number of nitrogens with one attached hydrogen (secondary N) is 1. The Morgan fingerprint density at radius 2 is 1.90 bits per heavy atom. The molecule has 106 valence electrons. The van der Waals surface area contributed by atoms with Crippen LogP contribution in [0.4, 0.5) is 5.82 Å². The number of hydrogen-bond donors (Lipinski definition) is 1. The second-order valence-corrected chi connectivity index (χ2v) is 5.11. The largest absolute Gasteiger partial charge is 0.370 e. The number of anilines is 1. The van der Waals surface area contributed by atoms with Gasteiger partial charge in [0.15, 0.2) is 5.82 Å². The maximum atomic E-state index is 4.73. The monoisotopic (exact) mass is 269 g/mol. The second-order valence-electron chi connectivity index (χ2n) is 5.11. The molecule has 0 spiro atoms. The number of rotatable bonds is 5. The molecule has 20 heavy (non-hydrogen) atoms. The third-order valence-corrected chi connectivity index (χ3v) is 3.39. The maximum Gasteiger partial charge on any atom is 0.161 e. The van der Waals surface area contributed by atoms with E-state index in [-0.39, 0.29) is 0 Å². The average Bonchev–Trinajstić information content (AvgIpc) is 2.44. The summed E-state index contributed by atoms with van der Waals surface area (Å²) in [5.74, 6) is 1.79. The molecule has 3 heteroatoms. The van der Waals surface area contributed by atoms with Gasteiger partial charge in [-0.2, -0.15) is 0 Å². The lowest BCUT2D eigenvalue weighted by Gasteiger charge is -2.13. The van der Waals surface area contributed by atoms with E-state index in [1.54, 1.807) is 0 Å². The Morgan fingerprint density at radius 1 is 1.10 bits per heavy atom. The molecule has 0 bridgehead atoms. The number of aryl methyl sites for hydroxylation is 2. The summed E-state index contributed by atoms with van der Waals surface area (Å²) in [5.41, 5.74) is 4.59. The highest BCUT2D eigenvalue weighted by molar-refractivity contribution is 5.60. The van der Waals surface area contributed by atoms with Gasteiger partial charge in [0.2, 0.25) is 0 Å². The van der Waals surface area contributed by atoms with Gasteiger partial charge < -0.3 is 5.32 Å². The van der Waals surface area contributed by atoms with Gasteiger partial charge in [0, 0.05) is 23.4 Å². The highest BCUT2D eigenvalue weighted by Crippen LogP contribution is 2.23. The van der Waals surface area contributed by atoms with Crippen molar-refractivity contribution in [2.24, 2.45) is 0 Å². The molecular formula is C17H23N3. The standard InChI is InChI=1S/C17H23N3/c1-5-10-18-17-15(6-2)13(4)19-16(20-17)14-9-7-8-12(3)11-14/h7-9,11H,5-6,10H2,1-4H3,(H,18,19,20). The predicted octanol–water partition coefficient (Wildman–Crippen LogP) is 4.14. The van der Waals surface area contributed by atoms with Crippen LogP contribution >= 0.6 is 0 Å². The SMILES string of the molecule is CCCNc1nc(-c2cccc(C)c2)nc(C)c1CC. The van der Waals surface area contributed by atoms with Crippen LogP contribution < -0.4 is 5.32 Å². The third kappa shape index (κ3) is 3.16. The van der Waals surface area contributed by atoms with E-state index in [9.17, 15) is 0 Å². The Bertz CT molecular complexity index is 591. The summed E-state index contributed by atoms with van der Waals surface area (Å²) in [6.45, 7) is 9.41. The number of aromatic nitrogens is 2. The minimum absolute atomic E-state index is 0.807. The Hall–Kier alpha value is -1.90. The zero-order valence-electron chi connectivity index (χ0n) is 12.8. The first-order valence-electron chi connectivity index (χ1n) is 7.34. The Morgan fingerprint density at radius 3 is 2.55 bits per heavy atom. The zero-order valence-corrected chi connectivity index (χ0v) is 12.8. The van der Waals surface area contributed by atoms with E-state index in [4.69, 9.17) is 4.98 Å². The van der Waals surface area contributed by atoms with Crippen molar-refractivity contribution in [1.82, 2.24) is 9.97 Å². The topological polar surface area (TPSA) is 37.8 Å². The van der Waals surface area contributed by atoms with Crippen molar-refractivity contribution >= 4 is 5.82 Å². The lowest BCUT2D eigenvalue weighted by molar-refractivity contribution is 0.938. The Balaban J connectivity index is 2.47. The van der Waals surface area contributed by atoms with Gasteiger partial charge in [0.1, 0.15) is 5.82 Å². The highest BCUT2D eigenvalue weighted by Gasteiger charge is 2.11. The van der Waals surface area contributed by atoms with Crippen LogP contribution in [0.25, 0.3) is 11.4 Å². The molecule has 0 aliphatic carbocycles. The van der Waals surface area contributed by atoms with Crippen LogP contribution in [0.5, 0.6) is 0 Å². The average molecular weight is 269 g/mol. The number of benzene rings is 1. The van der Waals surface area contributed by atoms with Gasteiger partial charge in [-0.3, -0.25) is 0 Å². The summed E-state index contributed by atoms with van der Waals surface area (Å²) in [4.78, 5) is 9.40. The van der Waals surface area contributed by atoms with E-state index in [1.165, 1.54) is 11.1 Å². The molecule has 0 unspecified atom stereocenters. The number of hydrogen-bond acceptors (Lipinski definition) is 3. The van der Waals surface area contributed by atoms with Crippen LogP contribution in [0.3, 0.4) is 0 Å². The van der Waals surface area contributed by atoms with Crippen molar-refractivity contribution in [3.05, 3.63) is 41.1 Å². The predicted molar refractivity (Wildman–Crippen MR) is 85.1 cm³/mol. The fourth-order valence-electron chi connectivity index (χ4n) is 2.32. The third-order valence-electron chi connectivity index (χ3n) is 3.39. The molecule has 0 radical (unpaired) electrons. The summed E-state index contributed by atoms with van der Waals surface area (Å²) in [6, 6.07) is 8.34. The fraction of sp³-hybridized carbons (Fsp3) is 0.412. The van der Waals surface area contributed by atoms with Crippen LogP contribution in [0.15, 0.2) is 24.3 Å². The Labute approximate surface area is 121 Å². The Kier molecular flexibility index (Phi) is 4.72. The summed E-state index contributed by atoms with van der Waals surface area (Å²) < 4.78 is 0. The van der Waals surface area contributed by atoms with E-state index in [0.29, 0.717) is 0 Å². The van der Waals surface area contributed by atoms with Crippen molar-refractivity contribution < 1.29 is 0 Å². The van der Waals surface area contributed by atoms with E-state index in [2.05, 4.69) is 62.3 Å². The van der Waals surface area contributed by atoms with Crippen molar-refractivity contribution in [3.8, 4) is 11.4 Å².